The molecule has 0 bridgehead atoms. The van der Waals surface area contributed by atoms with Crippen molar-refractivity contribution in [2.24, 2.45) is 10.8 Å². The number of esters is 2. The number of benzene rings is 1. The molecule has 1 aromatic rings. The second-order valence-corrected chi connectivity index (χ2v) is 6.37. The quantitative estimate of drug-likeness (QED) is 0.632. The highest BCUT2D eigenvalue weighted by Crippen LogP contribution is 2.75. The number of fused-ring (bicyclic) bond motifs is 1. The molecule has 0 radical (unpaired) electrons. The minimum absolute atomic E-state index is 0.267. The Bertz CT molecular complexity index is 630. The maximum atomic E-state index is 12.4. The van der Waals surface area contributed by atoms with Crippen molar-refractivity contribution in [2.45, 2.75) is 26.2 Å². The van der Waals surface area contributed by atoms with Gasteiger partial charge in [0.25, 0.3) is 0 Å². The lowest BCUT2D eigenvalue weighted by molar-refractivity contribution is -0.163. The number of hydrogen-bond acceptors (Lipinski definition) is 5. The third kappa shape index (κ3) is 1.59. The third-order valence-electron chi connectivity index (χ3n) is 5.19. The lowest BCUT2D eigenvalue weighted by Crippen LogP contribution is -2.33. The average Bonchev–Trinajstić information content (AvgIpc) is 2.85. The van der Waals surface area contributed by atoms with Gasteiger partial charge in [-0.15, -0.1) is 0 Å². The molecular weight excluding hydrogens is 284 g/mol. The van der Waals surface area contributed by atoms with E-state index in [1.165, 1.54) is 14.2 Å². The van der Waals surface area contributed by atoms with E-state index >= 15 is 0 Å². The molecule has 2 aliphatic rings. The van der Waals surface area contributed by atoms with Crippen molar-refractivity contribution >= 4 is 11.9 Å². The van der Waals surface area contributed by atoms with Crippen LogP contribution in [0.25, 0.3) is 0 Å². The van der Waals surface area contributed by atoms with E-state index in [-0.39, 0.29) is 5.92 Å². The second kappa shape index (κ2) is 4.73. The molecule has 5 heteroatoms. The fourth-order valence-electron chi connectivity index (χ4n) is 4.07. The van der Waals surface area contributed by atoms with Crippen LogP contribution in [0, 0.1) is 10.8 Å². The van der Waals surface area contributed by atoms with E-state index in [0.717, 1.165) is 23.3 Å². The van der Waals surface area contributed by atoms with Gasteiger partial charge in [-0.2, -0.15) is 0 Å². The lowest BCUT2D eigenvalue weighted by Gasteiger charge is -2.15. The summed E-state index contributed by atoms with van der Waals surface area (Å²) in [5.74, 6) is -0.503. The van der Waals surface area contributed by atoms with Crippen molar-refractivity contribution in [1.29, 1.82) is 0 Å². The maximum Gasteiger partial charge on any atom is 0.324 e. The SMILES string of the molecule is COC(=O)C1(C(=O)OC)[C@@H](c2cccc3c2CCO3)C1(C)C. The third-order valence-corrected chi connectivity index (χ3v) is 5.19. The standard InChI is InChI=1S/C17H20O5/c1-16(2)13(17(16,14(18)20-3)15(19)21-4)11-6-5-7-12-10(11)8-9-22-12/h5-7,13H,8-9H2,1-4H3/t13-/m0/s1. The Kier molecular flexibility index (Phi) is 3.20. The van der Waals surface area contributed by atoms with Gasteiger partial charge in [0.2, 0.25) is 0 Å². The summed E-state index contributed by atoms with van der Waals surface area (Å²) in [6.45, 7) is 4.43. The highest BCUT2D eigenvalue weighted by molar-refractivity contribution is 6.07. The Balaban J connectivity index is 2.14. The van der Waals surface area contributed by atoms with Gasteiger partial charge in [-0.05, 0) is 11.6 Å². The first kappa shape index (κ1) is 14.9. The molecule has 22 heavy (non-hydrogen) atoms. The Labute approximate surface area is 129 Å². The van der Waals surface area contributed by atoms with Gasteiger partial charge in [0.05, 0.1) is 20.8 Å². The molecule has 1 aromatic carbocycles. The molecule has 0 N–H and O–H groups in total. The fraction of sp³-hybridized carbons (Fsp3) is 0.529. The molecule has 1 atom stereocenters. The number of ether oxygens (including phenoxy) is 3. The molecule has 5 nitrogen and oxygen atoms in total. The van der Waals surface area contributed by atoms with Crippen molar-refractivity contribution < 1.29 is 23.8 Å². The predicted molar refractivity (Wildman–Crippen MR) is 78.6 cm³/mol. The van der Waals surface area contributed by atoms with Gasteiger partial charge in [0, 0.05) is 23.3 Å². The molecule has 118 valence electrons. The summed E-state index contributed by atoms with van der Waals surface area (Å²) in [5, 5.41) is 0. The highest BCUT2D eigenvalue weighted by atomic mass is 16.5. The Morgan fingerprint density at radius 2 is 1.82 bits per heavy atom. The molecule has 0 saturated heterocycles. The molecule has 1 fully saturated rings. The summed E-state index contributed by atoms with van der Waals surface area (Å²) in [7, 11) is 2.61. The lowest BCUT2D eigenvalue weighted by atomic mass is 9.94. The average molecular weight is 304 g/mol. The number of carbonyl (C=O) groups is 2. The van der Waals surface area contributed by atoms with Crippen LogP contribution in [0.15, 0.2) is 18.2 Å². The van der Waals surface area contributed by atoms with Crippen LogP contribution < -0.4 is 4.74 Å². The first-order valence-corrected chi connectivity index (χ1v) is 7.34. The van der Waals surface area contributed by atoms with Gasteiger partial charge in [-0.25, -0.2) is 0 Å². The molecule has 1 aliphatic heterocycles. The summed E-state index contributed by atoms with van der Waals surface area (Å²) < 4.78 is 15.5. The van der Waals surface area contributed by atoms with Gasteiger partial charge in [0.1, 0.15) is 5.75 Å². The monoisotopic (exact) mass is 304 g/mol. The highest BCUT2D eigenvalue weighted by Gasteiger charge is 2.82. The molecule has 0 amide bonds. The molecule has 1 saturated carbocycles. The Hall–Kier alpha value is -2.04. The van der Waals surface area contributed by atoms with Crippen LogP contribution in [0.5, 0.6) is 5.75 Å². The van der Waals surface area contributed by atoms with Crippen LogP contribution >= 0.6 is 0 Å². The smallest absolute Gasteiger partial charge is 0.324 e. The van der Waals surface area contributed by atoms with Crippen LogP contribution in [0.3, 0.4) is 0 Å². The minimum Gasteiger partial charge on any atom is -0.493 e. The van der Waals surface area contributed by atoms with E-state index in [2.05, 4.69) is 0 Å². The van der Waals surface area contributed by atoms with Crippen LogP contribution in [0.2, 0.25) is 0 Å². The first-order valence-electron chi connectivity index (χ1n) is 7.34. The van der Waals surface area contributed by atoms with Gasteiger partial charge in [-0.1, -0.05) is 26.0 Å². The molecular formula is C17H20O5. The number of methoxy groups -OCH3 is 2. The van der Waals surface area contributed by atoms with Crippen LogP contribution in [0.4, 0.5) is 0 Å². The van der Waals surface area contributed by atoms with E-state index in [1.807, 2.05) is 32.0 Å². The van der Waals surface area contributed by atoms with Crippen molar-refractivity contribution in [3.63, 3.8) is 0 Å². The zero-order valence-electron chi connectivity index (χ0n) is 13.3. The first-order chi connectivity index (χ1) is 10.4. The molecule has 3 rings (SSSR count). The number of hydrogen-bond donors (Lipinski definition) is 0. The summed E-state index contributed by atoms with van der Waals surface area (Å²) in [4.78, 5) is 24.9. The Morgan fingerprint density at radius 3 is 2.41 bits per heavy atom. The summed E-state index contributed by atoms with van der Waals surface area (Å²) in [5.41, 5.74) is 0.213. The van der Waals surface area contributed by atoms with Crippen LogP contribution in [-0.2, 0) is 25.5 Å². The summed E-state index contributed by atoms with van der Waals surface area (Å²) in [6.07, 6.45) is 0.788. The number of carbonyl (C=O) groups excluding carboxylic acids is 2. The maximum absolute atomic E-state index is 12.4. The fourth-order valence-corrected chi connectivity index (χ4v) is 4.07. The molecule has 1 heterocycles. The number of rotatable bonds is 3. The molecule has 0 spiro atoms. The van der Waals surface area contributed by atoms with E-state index in [1.54, 1.807) is 0 Å². The van der Waals surface area contributed by atoms with Crippen molar-refractivity contribution in [3.05, 3.63) is 29.3 Å². The van der Waals surface area contributed by atoms with Crippen molar-refractivity contribution in [3.8, 4) is 5.75 Å². The van der Waals surface area contributed by atoms with Crippen LogP contribution in [0.1, 0.15) is 30.9 Å². The van der Waals surface area contributed by atoms with Crippen molar-refractivity contribution in [2.75, 3.05) is 20.8 Å². The van der Waals surface area contributed by atoms with Gasteiger partial charge in [0.15, 0.2) is 5.41 Å². The zero-order valence-corrected chi connectivity index (χ0v) is 13.3. The largest absolute Gasteiger partial charge is 0.493 e. The Morgan fingerprint density at radius 1 is 1.18 bits per heavy atom. The normalized spacial score (nSPS) is 23.2. The van der Waals surface area contributed by atoms with Crippen molar-refractivity contribution in [1.82, 2.24) is 0 Å². The van der Waals surface area contributed by atoms with E-state index in [9.17, 15) is 9.59 Å². The van der Waals surface area contributed by atoms with E-state index < -0.39 is 22.8 Å². The van der Waals surface area contributed by atoms with E-state index in [4.69, 9.17) is 14.2 Å². The van der Waals surface area contributed by atoms with Crippen LogP contribution in [-0.4, -0.2) is 32.8 Å². The van der Waals surface area contributed by atoms with Gasteiger partial charge >= 0.3 is 11.9 Å². The molecule has 0 aromatic heterocycles. The molecule has 0 unspecified atom stereocenters. The predicted octanol–water partition coefficient (Wildman–Crippen LogP) is 2.08. The summed E-state index contributed by atoms with van der Waals surface area (Å²) in [6, 6.07) is 5.78. The van der Waals surface area contributed by atoms with E-state index in [0.29, 0.717) is 6.61 Å². The van der Waals surface area contributed by atoms with Gasteiger partial charge < -0.3 is 14.2 Å². The van der Waals surface area contributed by atoms with Gasteiger partial charge in [-0.3, -0.25) is 9.59 Å². The molecule has 1 aliphatic carbocycles. The second-order valence-electron chi connectivity index (χ2n) is 6.37. The zero-order chi connectivity index (χ0) is 16.1. The minimum atomic E-state index is -1.28. The summed E-state index contributed by atoms with van der Waals surface area (Å²) >= 11 is 0. The topological polar surface area (TPSA) is 61.8 Å².